The van der Waals surface area contributed by atoms with Crippen molar-refractivity contribution in [3.05, 3.63) is 54.3 Å². The van der Waals surface area contributed by atoms with Crippen molar-refractivity contribution in [2.45, 2.75) is 0 Å². The molecule has 0 spiro atoms. The van der Waals surface area contributed by atoms with Gasteiger partial charge in [-0.3, -0.25) is 4.79 Å². The number of nitrogens with one attached hydrogen (secondary N) is 2. The minimum atomic E-state index is -0.265. The molecular formula is C14H12BrFN2O. The zero-order valence-corrected chi connectivity index (χ0v) is 11.6. The van der Waals surface area contributed by atoms with Crippen molar-refractivity contribution in [2.24, 2.45) is 0 Å². The van der Waals surface area contributed by atoms with Gasteiger partial charge < -0.3 is 10.6 Å². The van der Waals surface area contributed by atoms with Crippen LogP contribution < -0.4 is 10.6 Å². The number of amides is 1. The molecule has 0 aliphatic rings. The van der Waals surface area contributed by atoms with Gasteiger partial charge >= 0.3 is 0 Å². The van der Waals surface area contributed by atoms with E-state index in [2.05, 4.69) is 26.6 Å². The second kappa shape index (κ2) is 6.33. The normalized spacial score (nSPS) is 10.0. The molecule has 19 heavy (non-hydrogen) atoms. The fourth-order valence-corrected chi connectivity index (χ4v) is 1.67. The van der Waals surface area contributed by atoms with E-state index in [0.717, 1.165) is 17.1 Å². The topological polar surface area (TPSA) is 41.1 Å². The predicted molar refractivity (Wildman–Crippen MR) is 78.5 cm³/mol. The molecule has 0 saturated carbocycles. The van der Waals surface area contributed by atoms with Crippen molar-refractivity contribution < 1.29 is 9.18 Å². The smallest absolute Gasteiger partial charge is 0.235 e. The SMILES string of the molecule is O=C(CBr)Nc1ccc(Nc2ccc(F)cc2)cc1. The van der Waals surface area contributed by atoms with Crippen LogP contribution >= 0.6 is 15.9 Å². The van der Waals surface area contributed by atoms with Crippen LogP contribution in [0.4, 0.5) is 21.5 Å². The average Bonchev–Trinajstić information content (AvgIpc) is 2.43. The number of carbonyl (C=O) groups excluding carboxylic acids is 1. The first-order valence-corrected chi connectivity index (χ1v) is 6.78. The van der Waals surface area contributed by atoms with Crippen molar-refractivity contribution >= 4 is 38.9 Å². The molecule has 98 valence electrons. The summed E-state index contributed by atoms with van der Waals surface area (Å²) in [5.41, 5.74) is 2.40. The van der Waals surface area contributed by atoms with E-state index in [9.17, 15) is 9.18 Å². The van der Waals surface area contributed by atoms with Crippen LogP contribution in [0.2, 0.25) is 0 Å². The third-order valence-electron chi connectivity index (χ3n) is 2.42. The summed E-state index contributed by atoms with van der Waals surface area (Å²) in [6.45, 7) is 0. The van der Waals surface area contributed by atoms with Gasteiger partial charge in [-0.05, 0) is 48.5 Å². The summed E-state index contributed by atoms with van der Waals surface area (Å²) in [5.74, 6) is -0.363. The van der Waals surface area contributed by atoms with Gasteiger partial charge in [0.1, 0.15) is 5.82 Å². The molecular weight excluding hydrogens is 311 g/mol. The lowest BCUT2D eigenvalue weighted by Crippen LogP contribution is -2.11. The van der Waals surface area contributed by atoms with Gasteiger partial charge in [-0.1, -0.05) is 15.9 Å². The monoisotopic (exact) mass is 322 g/mol. The molecule has 5 heteroatoms. The zero-order chi connectivity index (χ0) is 13.7. The molecule has 3 nitrogen and oxygen atoms in total. The Morgan fingerprint density at radius 1 is 0.947 bits per heavy atom. The molecule has 2 aromatic carbocycles. The molecule has 2 rings (SSSR count). The third-order valence-corrected chi connectivity index (χ3v) is 2.93. The molecule has 0 aromatic heterocycles. The van der Waals surface area contributed by atoms with E-state index in [4.69, 9.17) is 0 Å². The van der Waals surface area contributed by atoms with Crippen LogP contribution in [0.5, 0.6) is 0 Å². The van der Waals surface area contributed by atoms with Gasteiger partial charge in [0.2, 0.25) is 5.91 Å². The van der Waals surface area contributed by atoms with Crippen LogP contribution in [-0.2, 0) is 4.79 Å². The molecule has 0 atom stereocenters. The molecule has 1 amide bonds. The molecule has 0 heterocycles. The summed E-state index contributed by atoms with van der Waals surface area (Å²) in [4.78, 5) is 11.2. The summed E-state index contributed by atoms with van der Waals surface area (Å²) in [7, 11) is 0. The first-order chi connectivity index (χ1) is 9.17. The lowest BCUT2D eigenvalue weighted by Gasteiger charge is -2.08. The van der Waals surface area contributed by atoms with Crippen molar-refractivity contribution in [3.8, 4) is 0 Å². The van der Waals surface area contributed by atoms with Crippen molar-refractivity contribution in [3.63, 3.8) is 0 Å². The molecule has 0 aliphatic carbocycles. The van der Waals surface area contributed by atoms with Gasteiger partial charge in [0.25, 0.3) is 0 Å². The molecule has 0 fully saturated rings. The van der Waals surface area contributed by atoms with E-state index in [-0.39, 0.29) is 17.1 Å². The van der Waals surface area contributed by atoms with E-state index >= 15 is 0 Å². The fourth-order valence-electron chi connectivity index (χ4n) is 1.53. The molecule has 0 aliphatic heterocycles. The van der Waals surface area contributed by atoms with Gasteiger partial charge in [0, 0.05) is 17.1 Å². The number of halogens is 2. The summed E-state index contributed by atoms with van der Waals surface area (Å²) < 4.78 is 12.8. The number of alkyl halides is 1. The number of hydrogen-bond donors (Lipinski definition) is 2. The maximum absolute atomic E-state index is 12.8. The van der Waals surface area contributed by atoms with Gasteiger partial charge in [-0.2, -0.15) is 0 Å². The highest BCUT2D eigenvalue weighted by atomic mass is 79.9. The first-order valence-electron chi connectivity index (χ1n) is 5.66. The maximum Gasteiger partial charge on any atom is 0.235 e. The number of benzene rings is 2. The molecule has 2 aromatic rings. The fraction of sp³-hybridized carbons (Fsp3) is 0.0714. The highest BCUT2D eigenvalue weighted by Gasteiger charge is 2.00. The van der Waals surface area contributed by atoms with E-state index in [1.54, 1.807) is 24.3 Å². The number of rotatable bonds is 4. The lowest BCUT2D eigenvalue weighted by atomic mass is 10.2. The second-order valence-electron chi connectivity index (χ2n) is 3.89. The van der Waals surface area contributed by atoms with E-state index < -0.39 is 0 Å². The van der Waals surface area contributed by atoms with Gasteiger partial charge in [-0.25, -0.2) is 4.39 Å². The minimum Gasteiger partial charge on any atom is -0.356 e. The van der Waals surface area contributed by atoms with Crippen molar-refractivity contribution in [1.82, 2.24) is 0 Å². The quantitative estimate of drug-likeness (QED) is 0.838. The van der Waals surface area contributed by atoms with Crippen LogP contribution in [0.3, 0.4) is 0 Å². The average molecular weight is 323 g/mol. The third kappa shape index (κ3) is 4.06. The summed E-state index contributed by atoms with van der Waals surface area (Å²) in [5, 5.41) is 6.13. The first kappa shape index (κ1) is 13.5. The number of anilines is 3. The Kier molecular flexibility index (Phi) is 4.52. The van der Waals surface area contributed by atoms with Crippen molar-refractivity contribution in [1.29, 1.82) is 0 Å². The Morgan fingerprint density at radius 2 is 1.42 bits per heavy atom. The van der Waals surface area contributed by atoms with Crippen LogP contribution in [0.1, 0.15) is 0 Å². The predicted octanol–water partition coefficient (Wildman–Crippen LogP) is 3.90. The van der Waals surface area contributed by atoms with Gasteiger partial charge in [0.05, 0.1) is 5.33 Å². The Hall–Kier alpha value is -1.88. The molecule has 0 saturated heterocycles. The summed E-state index contributed by atoms with van der Waals surface area (Å²) in [6.07, 6.45) is 0. The summed E-state index contributed by atoms with van der Waals surface area (Å²) in [6, 6.07) is 13.4. The summed E-state index contributed by atoms with van der Waals surface area (Å²) >= 11 is 3.08. The Bertz CT molecular complexity index is 555. The van der Waals surface area contributed by atoms with Crippen LogP contribution in [-0.4, -0.2) is 11.2 Å². The minimum absolute atomic E-state index is 0.0979. The number of hydrogen-bond acceptors (Lipinski definition) is 2. The van der Waals surface area contributed by atoms with E-state index in [0.29, 0.717) is 0 Å². The molecule has 0 bridgehead atoms. The van der Waals surface area contributed by atoms with Crippen LogP contribution in [0.25, 0.3) is 0 Å². The highest BCUT2D eigenvalue weighted by Crippen LogP contribution is 2.19. The van der Waals surface area contributed by atoms with Crippen molar-refractivity contribution in [2.75, 3.05) is 16.0 Å². The van der Waals surface area contributed by atoms with E-state index in [1.165, 1.54) is 12.1 Å². The Labute approximate surface area is 119 Å². The van der Waals surface area contributed by atoms with Crippen LogP contribution in [0, 0.1) is 5.82 Å². The van der Waals surface area contributed by atoms with E-state index in [1.807, 2.05) is 12.1 Å². The second-order valence-corrected chi connectivity index (χ2v) is 4.45. The molecule has 2 N–H and O–H groups in total. The van der Waals surface area contributed by atoms with Crippen LogP contribution in [0.15, 0.2) is 48.5 Å². The largest absolute Gasteiger partial charge is 0.356 e. The standard InChI is InChI=1S/C14H12BrFN2O/c15-9-14(19)18-13-7-5-12(6-8-13)17-11-3-1-10(16)2-4-11/h1-8,17H,9H2,(H,18,19). The zero-order valence-electron chi connectivity index (χ0n) is 9.99. The molecule has 0 radical (unpaired) electrons. The van der Waals surface area contributed by atoms with Gasteiger partial charge in [0.15, 0.2) is 0 Å². The Morgan fingerprint density at radius 3 is 1.95 bits per heavy atom. The lowest BCUT2D eigenvalue weighted by molar-refractivity contribution is -0.113. The highest BCUT2D eigenvalue weighted by molar-refractivity contribution is 9.09. The maximum atomic E-state index is 12.8. The molecule has 0 unspecified atom stereocenters. The Balaban J connectivity index is 2.02. The van der Waals surface area contributed by atoms with Gasteiger partial charge in [-0.15, -0.1) is 0 Å². The number of carbonyl (C=O) groups is 1.